The van der Waals surface area contributed by atoms with Gasteiger partial charge in [0.15, 0.2) is 0 Å². The molecule has 0 saturated carbocycles. The van der Waals surface area contributed by atoms with Crippen LogP contribution in [0.5, 0.6) is 5.75 Å². The van der Waals surface area contributed by atoms with Crippen molar-refractivity contribution in [2.24, 2.45) is 0 Å². The smallest absolute Gasteiger partial charge is 0.214 e. The van der Waals surface area contributed by atoms with Gasteiger partial charge < -0.3 is 4.74 Å². The Hall–Kier alpha value is -1.65. The lowest BCUT2D eigenvalue weighted by molar-refractivity contribution is 0.103. The van der Waals surface area contributed by atoms with Crippen molar-refractivity contribution in [3.05, 3.63) is 52.0 Å². The van der Waals surface area contributed by atoms with Gasteiger partial charge in [0.2, 0.25) is 5.78 Å². The Labute approximate surface area is 126 Å². The normalized spacial score (nSPS) is 10.3. The molecule has 20 heavy (non-hydrogen) atoms. The number of halogens is 2. The number of carbonyl (C=O) groups excluding carboxylic acids is 1. The van der Waals surface area contributed by atoms with Gasteiger partial charge in [0, 0.05) is 18.0 Å². The van der Waals surface area contributed by atoms with E-state index in [9.17, 15) is 4.79 Å². The van der Waals surface area contributed by atoms with Crippen LogP contribution in [0, 0.1) is 0 Å². The van der Waals surface area contributed by atoms with Gasteiger partial charge in [0.25, 0.3) is 0 Å². The fourth-order valence-corrected chi connectivity index (χ4v) is 2.03. The Kier molecular flexibility index (Phi) is 4.93. The van der Waals surface area contributed by atoms with Crippen molar-refractivity contribution in [3.63, 3.8) is 0 Å². The first-order valence-corrected chi connectivity index (χ1v) is 6.81. The second kappa shape index (κ2) is 6.68. The highest BCUT2D eigenvalue weighted by molar-refractivity contribution is 6.37. The van der Waals surface area contributed by atoms with Crippen LogP contribution in [0.2, 0.25) is 10.0 Å². The summed E-state index contributed by atoms with van der Waals surface area (Å²) in [5.41, 5.74) is 0.515. The maximum absolute atomic E-state index is 12.3. The van der Waals surface area contributed by atoms with Crippen molar-refractivity contribution in [3.8, 4) is 5.75 Å². The van der Waals surface area contributed by atoms with Gasteiger partial charge in [-0.05, 0) is 18.6 Å². The highest BCUT2D eigenvalue weighted by Gasteiger charge is 2.16. The number of nitrogens with zero attached hydrogens (tertiary/aromatic N) is 2. The molecule has 2 rings (SSSR count). The van der Waals surface area contributed by atoms with Crippen molar-refractivity contribution in [1.82, 2.24) is 9.97 Å². The minimum atomic E-state index is -0.318. The average molecular weight is 311 g/mol. The maximum Gasteiger partial charge on any atom is 0.214 e. The lowest BCUT2D eigenvalue weighted by atomic mass is 10.1. The zero-order chi connectivity index (χ0) is 14.5. The zero-order valence-corrected chi connectivity index (χ0v) is 12.3. The van der Waals surface area contributed by atoms with Gasteiger partial charge in [0.05, 0.1) is 22.8 Å². The van der Waals surface area contributed by atoms with E-state index in [1.807, 2.05) is 6.92 Å². The molecule has 0 saturated heterocycles. The number of rotatable bonds is 5. The van der Waals surface area contributed by atoms with Gasteiger partial charge in [0.1, 0.15) is 11.4 Å². The summed E-state index contributed by atoms with van der Waals surface area (Å²) >= 11 is 11.7. The molecule has 0 aliphatic carbocycles. The number of ketones is 1. The van der Waals surface area contributed by atoms with Crippen LogP contribution < -0.4 is 4.74 Å². The van der Waals surface area contributed by atoms with Crippen molar-refractivity contribution in [2.75, 3.05) is 6.61 Å². The van der Waals surface area contributed by atoms with Gasteiger partial charge in [-0.15, -0.1) is 0 Å². The Balaban J connectivity index is 2.28. The third-order valence-corrected chi connectivity index (χ3v) is 2.97. The van der Waals surface area contributed by atoms with E-state index >= 15 is 0 Å². The van der Waals surface area contributed by atoms with Crippen molar-refractivity contribution >= 4 is 29.0 Å². The SMILES string of the molecule is CCCOc1cncc(C(=O)c2ncc(Cl)cc2Cl)c1. The monoisotopic (exact) mass is 310 g/mol. The molecule has 0 aromatic carbocycles. The van der Waals surface area contributed by atoms with E-state index in [1.165, 1.54) is 18.5 Å². The fourth-order valence-electron chi connectivity index (χ4n) is 1.56. The van der Waals surface area contributed by atoms with Gasteiger partial charge in [-0.25, -0.2) is 4.98 Å². The van der Waals surface area contributed by atoms with E-state index in [4.69, 9.17) is 27.9 Å². The Morgan fingerprint density at radius 2 is 2.05 bits per heavy atom. The van der Waals surface area contributed by atoms with Crippen molar-refractivity contribution in [2.45, 2.75) is 13.3 Å². The molecule has 0 atom stereocenters. The molecular weight excluding hydrogens is 299 g/mol. The van der Waals surface area contributed by atoms with Crippen LogP contribution in [0.15, 0.2) is 30.7 Å². The second-order valence-electron chi connectivity index (χ2n) is 4.07. The van der Waals surface area contributed by atoms with E-state index in [0.717, 1.165) is 6.42 Å². The Morgan fingerprint density at radius 1 is 1.25 bits per heavy atom. The van der Waals surface area contributed by atoms with Gasteiger partial charge >= 0.3 is 0 Å². The van der Waals surface area contributed by atoms with Gasteiger partial charge in [-0.1, -0.05) is 30.1 Å². The highest BCUT2D eigenvalue weighted by atomic mass is 35.5. The predicted octanol–water partition coefficient (Wildman–Crippen LogP) is 3.80. The third-order valence-electron chi connectivity index (χ3n) is 2.47. The predicted molar refractivity (Wildman–Crippen MR) is 77.7 cm³/mol. The fraction of sp³-hybridized carbons (Fsp3) is 0.214. The molecule has 0 fully saturated rings. The summed E-state index contributed by atoms with van der Waals surface area (Å²) < 4.78 is 5.44. The number of carbonyl (C=O) groups is 1. The quantitative estimate of drug-likeness (QED) is 0.788. The van der Waals surface area contributed by atoms with Gasteiger partial charge in [-0.3, -0.25) is 9.78 Å². The molecule has 0 aliphatic heterocycles. The Morgan fingerprint density at radius 3 is 2.75 bits per heavy atom. The van der Waals surface area contributed by atoms with Crippen molar-refractivity contribution < 1.29 is 9.53 Å². The minimum absolute atomic E-state index is 0.144. The lowest BCUT2D eigenvalue weighted by Gasteiger charge is -2.06. The molecular formula is C14H12Cl2N2O2. The zero-order valence-electron chi connectivity index (χ0n) is 10.8. The van der Waals surface area contributed by atoms with Gasteiger partial charge in [-0.2, -0.15) is 0 Å². The summed E-state index contributed by atoms with van der Waals surface area (Å²) in [6.07, 6.45) is 5.27. The topological polar surface area (TPSA) is 52.1 Å². The van der Waals surface area contributed by atoms with Crippen LogP contribution in [0.1, 0.15) is 29.4 Å². The summed E-state index contributed by atoms with van der Waals surface area (Å²) in [6.45, 7) is 2.57. The van der Waals surface area contributed by atoms with E-state index in [1.54, 1.807) is 12.3 Å². The Bertz CT molecular complexity index is 632. The number of hydrogen-bond donors (Lipinski definition) is 0. The van der Waals surface area contributed by atoms with E-state index in [2.05, 4.69) is 9.97 Å². The molecule has 0 aliphatic rings. The van der Waals surface area contributed by atoms with E-state index in [0.29, 0.717) is 22.9 Å². The van der Waals surface area contributed by atoms with Crippen LogP contribution in [0.3, 0.4) is 0 Å². The molecule has 2 heterocycles. The molecule has 4 nitrogen and oxygen atoms in total. The molecule has 2 aromatic rings. The summed E-state index contributed by atoms with van der Waals surface area (Å²) in [7, 11) is 0. The first kappa shape index (κ1) is 14.8. The number of pyridine rings is 2. The van der Waals surface area contributed by atoms with Crippen molar-refractivity contribution in [1.29, 1.82) is 0 Å². The first-order chi connectivity index (χ1) is 9.61. The van der Waals surface area contributed by atoms with Crippen LogP contribution in [-0.2, 0) is 0 Å². The van der Waals surface area contributed by atoms with Crippen LogP contribution in [0.25, 0.3) is 0 Å². The summed E-state index contributed by atoms with van der Waals surface area (Å²) in [4.78, 5) is 20.3. The molecule has 0 spiro atoms. The second-order valence-corrected chi connectivity index (χ2v) is 4.91. The average Bonchev–Trinajstić information content (AvgIpc) is 2.45. The molecule has 0 unspecified atom stereocenters. The first-order valence-electron chi connectivity index (χ1n) is 6.05. The van der Waals surface area contributed by atoms with Crippen LogP contribution >= 0.6 is 23.2 Å². The molecule has 6 heteroatoms. The lowest BCUT2D eigenvalue weighted by Crippen LogP contribution is -2.06. The summed E-state index contributed by atoms with van der Waals surface area (Å²) in [5.74, 6) is 0.226. The molecule has 0 radical (unpaired) electrons. The van der Waals surface area contributed by atoms with E-state index in [-0.39, 0.29) is 16.5 Å². The van der Waals surface area contributed by atoms with Crippen LogP contribution in [0.4, 0.5) is 0 Å². The third kappa shape index (κ3) is 3.46. The number of aromatic nitrogens is 2. The van der Waals surface area contributed by atoms with E-state index < -0.39 is 0 Å². The molecule has 0 bridgehead atoms. The number of ether oxygens (including phenoxy) is 1. The standard InChI is InChI=1S/C14H12Cl2N2O2/c1-2-3-20-11-4-9(6-17-8-11)14(19)13-12(16)5-10(15)7-18-13/h4-8H,2-3H2,1H3. The largest absolute Gasteiger partial charge is 0.492 e. The summed E-state index contributed by atoms with van der Waals surface area (Å²) in [5, 5.41) is 0.590. The van der Waals surface area contributed by atoms with Crippen LogP contribution in [-0.4, -0.2) is 22.4 Å². The molecule has 0 amide bonds. The molecule has 0 N–H and O–H groups in total. The highest BCUT2D eigenvalue weighted by Crippen LogP contribution is 2.22. The summed E-state index contributed by atoms with van der Waals surface area (Å²) in [6, 6.07) is 3.10. The molecule has 2 aromatic heterocycles. The molecule has 104 valence electrons. The minimum Gasteiger partial charge on any atom is -0.492 e. The number of hydrogen-bond acceptors (Lipinski definition) is 4. The maximum atomic E-state index is 12.3.